The number of hydrogen-bond acceptors (Lipinski definition) is 2. The lowest BCUT2D eigenvalue weighted by atomic mass is 9.94. The van der Waals surface area contributed by atoms with Gasteiger partial charge in [-0.3, -0.25) is 0 Å². The number of benzene rings is 1. The molecule has 1 unspecified atom stereocenters. The average molecular weight is 311 g/mol. The van der Waals surface area contributed by atoms with E-state index in [-0.39, 0.29) is 6.03 Å². The van der Waals surface area contributed by atoms with Gasteiger partial charge >= 0.3 is 6.03 Å². The van der Waals surface area contributed by atoms with Gasteiger partial charge in [0.05, 0.1) is 7.11 Å². The lowest BCUT2D eigenvalue weighted by molar-refractivity contribution is 0.198. The molecule has 0 aliphatic carbocycles. The van der Waals surface area contributed by atoms with Gasteiger partial charge in [-0.05, 0) is 30.5 Å². The number of rotatable bonds is 4. The fourth-order valence-corrected chi connectivity index (χ4v) is 2.84. The molecule has 5 heteroatoms. The van der Waals surface area contributed by atoms with Crippen molar-refractivity contribution in [3.05, 3.63) is 29.8 Å². The summed E-state index contributed by atoms with van der Waals surface area (Å²) in [7, 11) is 1.67. The van der Waals surface area contributed by atoms with E-state index < -0.39 is 0 Å². The Morgan fingerprint density at radius 1 is 1.38 bits per heavy atom. The van der Waals surface area contributed by atoms with Crippen molar-refractivity contribution in [2.24, 2.45) is 0 Å². The molecule has 1 aliphatic rings. The molecule has 1 heterocycles. The summed E-state index contributed by atoms with van der Waals surface area (Å²) >= 11 is 5.62. The number of amides is 2. The van der Waals surface area contributed by atoms with Crippen LogP contribution < -0.4 is 10.1 Å². The third-order valence-electron chi connectivity index (χ3n) is 3.92. The van der Waals surface area contributed by atoms with Gasteiger partial charge in [0.1, 0.15) is 5.75 Å². The number of nitrogens with one attached hydrogen (secondary N) is 1. The van der Waals surface area contributed by atoms with E-state index in [1.54, 1.807) is 7.11 Å². The van der Waals surface area contributed by atoms with Gasteiger partial charge in [0.25, 0.3) is 0 Å². The molecule has 1 aromatic rings. The average Bonchev–Trinajstić information content (AvgIpc) is 2.79. The Morgan fingerprint density at radius 2 is 2.14 bits per heavy atom. The van der Waals surface area contributed by atoms with Gasteiger partial charge in [0, 0.05) is 31.4 Å². The van der Waals surface area contributed by atoms with Gasteiger partial charge in [0.2, 0.25) is 0 Å². The van der Waals surface area contributed by atoms with Crippen molar-refractivity contribution in [3.8, 4) is 5.75 Å². The molecule has 0 spiro atoms. The van der Waals surface area contributed by atoms with Gasteiger partial charge in [-0.2, -0.15) is 0 Å². The van der Waals surface area contributed by atoms with Crippen LogP contribution in [0.5, 0.6) is 5.75 Å². The van der Waals surface area contributed by atoms with Crippen molar-refractivity contribution < 1.29 is 9.53 Å². The Balaban J connectivity index is 2.02. The van der Waals surface area contributed by atoms with E-state index in [4.69, 9.17) is 16.3 Å². The Hall–Kier alpha value is -1.42. The maximum Gasteiger partial charge on any atom is 0.317 e. The molecule has 1 saturated heterocycles. The van der Waals surface area contributed by atoms with Gasteiger partial charge in [0.15, 0.2) is 0 Å². The maximum absolute atomic E-state index is 12.1. The number of halogens is 1. The molecule has 1 aromatic carbocycles. The molecule has 1 N–H and O–H groups in total. The second-order valence-electron chi connectivity index (χ2n) is 5.33. The van der Waals surface area contributed by atoms with Crippen molar-refractivity contribution in [2.75, 3.05) is 32.6 Å². The first-order valence-electron chi connectivity index (χ1n) is 7.47. The molecule has 2 rings (SSSR count). The minimum absolute atomic E-state index is 0.00365. The van der Waals surface area contributed by atoms with Crippen LogP contribution in [-0.2, 0) is 0 Å². The van der Waals surface area contributed by atoms with Crippen LogP contribution in [0.15, 0.2) is 24.3 Å². The fourth-order valence-electron chi connectivity index (χ4n) is 2.74. The van der Waals surface area contributed by atoms with E-state index >= 15 is 0 Å². The van der Waals surface area contributed by atoms with Crippen molar-refractivity contribution in [1.82, 2.24) is 10.2 Å². The highest BCUT2D eigenvalue weighted by Gasteiger charge is 2.22. The summed E-state index contributed by atoms with van der Waals surface area (Å²) in [5.41, 5.74) is 1.27. The number of urea groups is 1. The molecule has 1 atom stereocenters. The molecule has 4 nitrogen and oxygen atoms in total. The van der Waals surface area contributed by atoms with Crippen LogP contribution in [0, 0.1) is 0 Å². The van der Waals surface area contributed by atoms with Crippen LogP contribution in [0.1, 0.15) is 30.7 Å². The summed E-state index contributed by atoms with van der Waals surface area (Å²) in [6, 6.07) is 8.17. The predicted molar refractivity (Wildman–Crippen MR) is 85.3 cm³/mol. The zero-order valence-electron chi connectivity index (χ0n) is 12.5. The molecule has 1 fully saturated rings. The highest BCUT2D eigenvalue weighted by molar-refractivity contribution is 6.18. The second-order valence-corrected chi connectivity index (χ2v) is 5.71. The maximum atomic E-state index is 12.1. The lowest BCUT2D eigenvalue weighted by Crippen LogP contribution is -2.42. The van der Waals surface area contributed by atoms with Gasteiger partial charge in [-0.25, -0.2) is 4.79 Å². The summed E-state index contributed by atoms with van der Waals surface area (Å²) in [4.78, 5) is 14.0. The molecule has 0 saturated carbocycles. The van der Waals surface area contributed by atoms with Gasteiger partial charge in [-0.1, -0.05) is 18.6 Å². The van der Waals surface area contributed by atoms with Crippen LogP contribution in [0.25, 0.3) is 0 Å². The molecule has 0 aromatic heterocycles. The van der Waals surface area contributed by atoms with Crippen molar-refractivity contribution >= 4 is 17.6 Å². The van der Waals surface area contributed by atoms with Crippen LogP contribution in [0.2, 0.25) is 0 Å². The van der Waals surface area contributed by atoms with E-state index in [0.29, 0.717) is 18.3 Å². The largest absolute Gasteiger partial charge is 0.497 e. The molecule has 2 amide bonds. The Bertz CT molecular complexity index is 450. The first kappa shape index (κ1) is 16.0. The van der Waals surface area contributed by atoms with Crippen LogP contribution in [0.4, 0.5) is 4.79 Å². The molecule has 116 valence electrons. The van der Waals surface area contributed by atoms with Crippen molar-refractivity contribution in [3.63, 3.8) is 0 Å². The standard InChI is InChI=1S/C16H23ClN2O2/c1-21-15-7-5-13(6-8-15)14-4-2-3-11-19(12-14)16(20)18-10-9-17/h5-8,14H,2-4,9-12H2,1H3,(H,18,20). The quantitative estimate of drug-likeness (QED) is 0.868. The summed E-state index contributed by atoms with van der Waals surface area (Å²) in [5, 5.41) is 2.86. The third-order valence-corrected chi connectivity index (χ3v) is 4.11. The molecule has 21 heavy (non-hydrogen) atoms. The van der Waals surface area contributed by atoms with Gasteiger partial charge in [-0.15, -0.1) is 11.6 Å². The molecular formula is C16H23ClN2O2. The number of likely N-dealkylation sites (tertiary alicyclic amines) is 1. The minimum atomic E-state index is -0.00365. The van der Waals surface area contributed by atoms with Crippen molar-refractivity contribution in [2.45, 2.75) is 25.2 Å². The SMILES string of the molecule is COc1ccc(C2CCCCN(C(=O)NCCCl)C2)cc1. The minimum Gasteiger partial charge on any atom is -0.497 e. The normalized spacial score (nSPS) is 19.0. The van der Waals surface area contributed by atoms with Crippen LogP contribution in [0.3, 0.4) is 0 Å². The van der Waals surface area contributed by atoms with E-state index in [0.717, 1.165) is 38.1 Å². The van der Waals surface area contributed by atoms with Crippen LogP contribution in [-0.4, -0.2) is 43.6 Å². The smallest absolute Gasteiger partial charge is 0.317 e. The van der Waals surface area contributed by atoms with Crippen molar-refractivity contribution in [1.29, 1.82) is 0 Å². The Morgan fingerprint density at radius 3 is 2.81 bits per heavy atom. The topological polar surface area (TPSA) is 41.6 Å². The lowest BCUT2D eigenvalue weighted by Gasteiger charge is -2.25. The van der Waals surface area contributed by atoms with E-state index in [1.165, 1.54) is 5.56 Å². The highest BCUT2D eigenvalue weighted by atomic mass is 35.5. The Labute approximate surface area is 131 Å². The predicted octanol–water partition coefficient (Wildman–Crippen LogP) is 3.21. The summed E-state index contributed by atoms with van der Waals surface area (Å²) in [6.45, 7) is 2.10. The van der Waals surface area contributed by atoms with Crippen LogP contribution >= 0.6 is 11.6 Å². The second kappa shape index (κ2) is 8.13. The summed E-state index contributed by atoms with van der Waals surface area (Å²) in [6.07, 6.45) is 3.32. The number of ether oxygens (including phenoxy) is 1. The van der Waals surface area contributed by atoms with E-state index in [1.807, 2.05) is 17.0 Å². The Kier molecular flexibility index (Phi) is 6.18. The number of alkyl halides is 1. The zero-order chi connectivity index (χ0) is 15.1. The highest BCUT2D eigenvalue weighted by Crippen LogP contribution is 2.27. The monoisotopic (exact) mass is 310 g/mol. The first-order chi connectivity index (χ1) is 10.2. The number of carbonyl (C=O) groups excluding carboxylic acids is 1. The number of hydrogen-bond donors (Lipinski definition) is 1. The number of nitrogens with zero attached hydrogens (tertiary/aromatic N) is 1. The molecular weight excluding hydrogens is 288 g/mol. The third kappa shape index (κ3) is 4.53. The van der Waals surface area contributed by atoms with E-state index in [2.05, 4.69) is 17.4 Å². The molecule has 0 radical (unpaired) electrons. The fraction of sp³-hybridized carbons (Fsp3) is 0.562. The number of methoxy groups -OCH3 is 1. The summed E-state index contributed by atoms with van der Waals surface area (Å²) < 4.78 is 5.20. The molecule has 0 bridgehead atoms. The summed E-state index contributed by atoms with van der Waals surface area (Å²) in [5.74, 6) is 1.70. The number of carbonyl (C=O) groups is 1. The first-order valence-corrected chi connectivity index (χ1v) is 8.00. The van der Waals surface area contributed by atoms with Gasteiger partial charge < -0.3 is 15.0 Å². The molecule has 1 aliphatic heterocycles. The van der Waals surface area contributed by atoms with E-state index in [9.17, 15) is 4.79 Å². The zero-order valence-corrected chi connectivity index (χ0v) is 13.2.